The molecule has 364 valence electrons. The van der Waals surface area contributed by atoms with E-state index >= 15 is 0 Å². The molecular formula is C47H54F3IN8O8S. The maximum atomic E-state index is 14.7. The summed E-state index contributed by atoms with van der Waals surface area (Å²) >= 11 is 3.39. The molecule has 0 spiro atoms. The number of β-amino-alcohol motifs (C(OH)–C–C–N with tert-alkyl or cyclic N) is 1. The number of aliphatic hydroxyl groups is 1. The van der Waals surface area contributed by atoms with E-state index in [1.165, 1.54) is 28.4 Å². The number of nitrogens with two attached hydrogens (primary N) is 1. The van der Waals surface area contributed by atoms with Gasteiger partial charge in [0.05, 0.1) is 64.6 Å². The van der Waals surface area contributed by atoms with Crippen molar-refractivity contribution in [3.8, 4) is 10.4 Å². The Balaban J connectivity index is 0.998. The lowest BCUT2D eigenvalue weighted by atomic mass is 9.73. The standard InChI is InChI=1S/C47H54F3IN8O8S/c1-26(2)40(38-20-27(3)57-67-38)45(63)59-24-32(60)23-47(59,46(52)64)34(29-6-8-30(9-7-29)43-28(4)55-25-68-43)22-39(61)54-16-19-65-18-15-53-14-5-17-66-58-44(62)33-11-12-35(48)41(50)42(33)56-37-13-10-31(51)21-36(37)49/h6-13,20-21,25-26,32,34,40,53,56,60H,5,14-19,22-24H2,1-4H3,(H2,52,64)(H,54,61)(H,58,62)/t32?,34-,40+,47?/m0/s1. The molecule has 3 aromatic carbocycles. The average Bonchev–Trinajstić information content (AvgIpc) is 4.03. The number of halogens is 4. The predicted molar refractivity (Wildman–Crippen MR) is 256 cm³/mol. The number of primary amides is 1. The van der Waals surface area contributed by atoms with Crippen LogP contribution in [0.1, 0.15) is 78.0 Å². The maximum absolute atomic E-state index is 14.7. The molecule has 7 N–H and O–H groups in total. The zero-order valence-corrected chi connectivity index (χ0v) is 40.8. The number of hydrogen-bond donors (Lipinski definition) is 6. The first-order chi connectivity index (χ1) is 32.5. The molecule has 1 fully saturated rings. The smallest absolute Gasteiger partial charge is 0.277 e. The largest absolute Gasteiger partial charge is 0.391 e. The van der Waals surface area contributed by atoms with Crippen molar-refractivity contribution in [3.05, 3.63) is 115 Å². The van der Waals surface area contributed by atoms with Gasteiger partial charge in [0.1, 0.15) is 23.0 Å². The number of hydrogen-bond acceptors (Lipinski definition) is 13. The minimum absolute atomic E-state index is 0.0716. The zero-order chi connectivity index (χ0) is 49.1. The molecule has 0 radical (unpaired) electrons. The summed E-state index contributed by atoms with van der Waals surface area (Å²) in [7, 11) is 0. The van der Waals surface area contributed by atoms with Crippen LogP contribution in [0.5, 0.6) is 0 Å². The van der Waals surface area contributed by atoms with Gasteiger partial charge in [-0.1, -0.05) is 43.3 Å². The quantitative estimate of drug-likeness (QED) is 0.0238. The van der Waals surface area contributed by atoms with Crippen LogP contribution in [-0.2, 0) is 24.0 Å². The number of aliphatic hydroxyl groups excluding tert-OH is 1. The summed E-state index contributed by atoms with van der Waals surface area (Å²) in [6, 6.07) is 15.0. The Hall–Kier alpha value is -5.46. The van der Waals surface area contributed by atoms with Crippen molar-refractivity contribution in [2.24, 2.45) is 11.7 Å². The van der Waals surface area contributed by atoms with Crippen molar-refractivity contribution in [1.29, 1.82) is 0 Å². The van der Waals surface area contributed by atoms with E-state index in [2.05, 4.69) is 31.6 Å². The lowest BCUT2D eigenvalue weighted by Gasteiger charge is -2.43. The van der Waals surface area contributed by atoms with E-state index in [0.717, 1.165) is 28.3 Å². The number of benzene rings is 3. The van der Waals surface area contributed by atoms with Crippen molar-refractivity contribution in [2.75, 3.05) is 51.3 Å². The number of amides is 4. The monoisotopic (exact) mass is 1070 g/mol. The fourth-order valence-corrected chi connectivity index (χ4v) is 9.56. The molecule has 1 saturated heterocycles. The van der Waals surface area contributed by atoms with E-state index in [1.807, 2.05) is 67.6 Å². The van der Waals surface area contributed by atoms with Crippen LogP contribution >= 0.6 is 33.9 Å². The van der Waals surface area contributed by atoms with Crippen molar-refractivity contribution in [1.82, 2.24) is 31.2 Å². The number of thiazole rings is 1. The summed E-state index contributed by atoms with van der Waals surface area (Å²) in [5, 5.41) is 23.6. The molecule has 5 aromatic rings. The molecule has 6 rings (SSSR count). The molecule has 4 amide bonds. The summed E-state index contributed by atoms with van der Waals surface area (Å²) in [6.07, 6.45) is -1.09. The third-order valence-electron chi connectivity index (χ3n) is 11.6. The summed E-state index contributed by atoms with van der Waals surface area (Å²) < 4.78 is 55.1. The first-order valence-electron chi connectivity index (χ1n) is 21.9. The lowest BCUT2D eigenvalue weighted by Crippen LogP contribution is -2.61. The number of aryl methyl sites for hydroxylation is 2. The topological polar surface area (TPSA) is 223 Å². The summed E-state index contributed by atoms with van der Waals surface area (Å²) in [6.45, 7) is 8.71. The Bertz CT molecular complexity index is 2560. The number of likely N-dealkylation sites (tertiary alicyclic amines) is 1. The number of carbonyl (C=O) groups is 4. The van der Waals surface area contributed by atoms with Crippen molar-refractivity contribution in [2.45, 2.75) is 70.4 Å². The van der Waals surface area contributed by atoms with Crippen LogP contribution in [0.3, 0.4) is 0 Å². The highest BCUT2D eigenvalue weighted by molar-refractivity contribution is 14.1. The second-order valence-electron chi connectivity index (χ2n) is 16.7. The number of ether oxygens (including phenoxy) is 1. The van der Waals surface area contributed by atoms with Gasteiger partial charge in [-0.3, -0.25) is 24.0 Å². The molecule has 0 saturated carbocycles. The maximum Gasteiger partial charge on any atom is 0.277 e. The molecule has 68 heavy (non-hydrogen) atoms. The molecule has 21 heteroatoms. The first kappa shape index (κ1) is 51.9. The van der Waals surface area contributed by atoms with Crippen LogP contribution in [0, 0.1) is 40.8 Å². The Kier molecular flexibility index (Phi) is 18.1. The Labute approximate surface area is 409 Å². The first-order valence-corrected chi connectivity index (χ1v) is 23.9. The molecule has 2 aromatic heterocycles. The molecule has 0 aliphatic carbocycles. The van der Waals surface area contributed by atoms with Crippen molar-refractivity contribution < 1.29 is 51.6 Å². The number of hydroxylamine groups is 1. The number of aromatic nitrogens is 2. The van der Waals surface area contributed by atoms with Gasteiger partial charge < -0.3 is 41.0 Å². The van der Waals surface area contributed by atoms with Gasteiger partial charge in [0.2, 0.25) is 17.7 Å². The molecule has 1 aliphatic heterocycles. The van der Waals surface area contributed by atoms with E-state index in [9.17, 15) is 37.5 Å². The SMILES string of the molecule is Cc1cc([C@H](C(=O)N2CC(O)CC2(C(N)=O)[C@@H](CC(=O)NCCOCCNCCCONC(=O)c2ccc(F)c(F)c2Nc2ccc(I)cc2F)c2ccc(-c3scnc3C)cc2)C(C)C)on1. The second-order valence-corrected chi connectivity index (χ2v) is 18.8. The van der Waals surface area contributed by atoms with Crippen LogP contribution in [0.25, 0.3) is 10.4 Å². The van der Waals surface area contributed by atoms with E-state index in [0.29, 0.717) is 40.1 Å². The van der Waals surface area contributed by atoms with Crippen molar-refractivity contribution in [3.63, 3.8) is 0 Å². The Morgan fingerprint density at radius 1 is 1.00 bits per heavy atom. The van der Waals surface area contributed by atoms with E-state index < -0.39 is 70.2 Å². The number of rotatable bonds is 23. The van der Waals surface area contributed by atoms with Gasteiger partial charge in [0, 0.05) is 48.0 Å². The van der Waals surface area contributed by atoms with Crippen LogP contribution < -0.4 is 27.2 Å². The fourth-order valence-electron chi connectivity index (χ4n) is 8.29. The molecule has 2 unspecified atom stereocenters. The van der Waals surface area contributed by atoms with Gasteiger partial charge in [0.25, 0.3) is 5.91 Å². The van der Waals surface area contributed by atoms with Crippen LogP contribution in [-0.4, -0.2) is 101 Å². The van der Waals surface area contributed by atoms with Crippen LogP contribution in [0.15, 0.2) is 70.7 Å². The third kappa shape index (κ3) is 12.4. The number of anilines is 2. The normalized spacial score (nSPS) is 16.7. The fraction of sp³-hybridized carbons (Fsp3) is 0.404. The highest BCUT2D eigenvalue weighted by atomic mass is 127. The third-order valence-corrected chi connectivity index (χ3v) is 13.2. The number of nitrogens with zero attached hydrogens (tertiary/aromatic N) is 3. The predicted octanol–water partition coefficient (Wildman–Crippen LogP) is 6.39. The molecular weight excluding hydrogens is 1020 g/mol. The minimum atomic E-state index is -1.79. The highest BCUT2D eigenvalue weighted by Gasteiger charge is 2.58. The lowest BCUT2D eigenvalue weighted by molar-refractivity contribution is -0.148. The summed E-state index contributed by atoms with van der Waals surface area (Å²) in [5.74, 6) is -7.69. The van der Waals surface area contributed by atoms with Gasteiger partial charge in [-0.15, -0.1) is 11.3 Å². The second kappa shape index (κ2) is 23.7. The molecule has 4 atom stereocenters. The number of nitrogens with one attached hydrogen (secondary N) is 4. The van der Waals surface area contributed by atoms with Crippen molar-refractivity contribution >= 4 is 68.9 Å². The highest BCUT2D eigenvalue weighted by Crippen LogP contribution is 2.46. The molecule has 0 bridgehead atoms. The Morgan fingerprint density at radius 3 is 2.41 bits per heavy atom. The molecule has 1 aliphatic rings. The number of carbonyl (C=O) groups excluding carboxylic acids is 4. The van der Waals surface area contributed by atoms with E-state index in [4.69, 9.17) is 19.8 Å². The minimum Gasteiger partial charge on any atom is -0.391 e. The van der Waals surface area contributed by atoms with Crippen LogP contribution in [0.2, 0.25) is 0 Å². The Morgan fingerprint density at radius 2 is 1.75 bits per heavy atom. The van der Waals surface area contributed by atoms with Gasteiger partial charge in [-0.25, -0.2) is 23.6 Å². The molecule has 3 heterocycles. The van der Waals surface area contributed by atoms with Gasteiger partial charge in [0.15, 0.2) is 11.6 Å². The van der Waals surface area contributed by atoms with Gasteiger partial charge in [-0.2, -0.15) is 0 Å². The summed E-state index contributed by atoms with van der Waals surface area (Å²) in [5.41, 5.74) is 10.3. The zero-order valence-electron chi connectivity index (χ0n) is 37.9. The van der Waals surface area contributed by atoms with Gasteiger partial charge >= 0.3 is 0 Å². The van der Waals surface area contributed by atoms with Crippen LogP contribution in [0.4, 0.5) is 24.5 Å². The molecule has 16 nitrogen and oxygen atoms in total. The van der Waals surface area contributed by atoms with Gasteiger partial charge in [-0.05, 0) is 96.8 Å². The average molecular weight is 1070 g/mol. The van der Waals surface area contributed by atoms with E-state index in [1.54, 1.807) is 24.6 Å². The van der Waals surface area contributed by atoms with E-state index in [-0.39, 0.29) is 62.9 Å². The summed E-state index contributed by atoms with van der Waals surface area (Å²) in [4.78, 5) is 67.0.